The van der Waals surface area contributed by atoms with Gasteiger partial charge >= 0.3 is 6.18 Å². The molecule has 0 aromatic heterocycles. The van der Waals surface area contributed by atoms with Crippen LogP contribution in [0.1, 0.15) is 39.9 Å². The minimum absolute atomic E-state index is 0.113. The van der Waals surface area contributed by atoms with Gasteiger partial charge in [-0.15, -0.1) is 0 Å². The molecule has 1 atom stereocenters. The SMILES string of the molecule is CNC(=O)C1CN(C(=O)c2ccccc2C)CC12CCN(c1ccc(C#N)c(C(F)(F)F)c1)CC2. The molecule has 1 N–H and O–H groups in total. The normalized spacial score (nSPS) is 19.5. The summed E-state index contributed by atoms with van der Waals surface area (Å²) in [5, 5.41) is 11.8. The third-order valence-electron chi connectivity index (χ3n) is 7.43. The van der Waals surface area contributed by atoms with Gasteiger partial charge in [0.15, 0.2) is 0 Å². The van der Waals surface area contributed by atoms with Crippen LogP contribution in [0.4, 0.5) is 18.9 Å². The summed E-state index contributed by atoms with van der Waals surface area (Å²) >= 11 is 0. The smallest absolute Gasteiger partial charge is 0.371 e. The molecule has 2 aromatic carbocycles. The summed E-state index contributed by atoms with van der Waals surface area (Å²) in [7, 11) is 1.58. The first-order chi connectivity index (χ1) is 16.6. The number of aryl methyl sites for hydroxylation is 1. The molecule has 184 valence electrons. The van der Waals surface area contributed by atoms with Gasteiger partial charge in [0.25, 0.3) is 5.91 Å². The van der Waals surface area contributed by atoms with Crippen LogP contribution in [0.15, 0.2) is 42.5 Å². The summed E-state index contributed by atoms with van der Waals surface area (Å²) in [6.45, 7) is 3.50. The van der Waals surface area contributed by atoms with Crippen LogP contribution in [0.25, 0.3) is 0 Å². The molecule has 1 unspecified atom stereocenters. The van der Waals surface area contributed by atoms with E-state index in [1.807, 2.05) is 30.0 Å². The molecule has 9 heteroatoms. The molecule has 2 aromatic rings. The Morgan fingerprint density at radius 2 is 1.83 bits per heavy atom. The number of anilines is 1. The Morgan fingerprint density at radius 1 is 1.14 bits per heavy atom. The van der Waals surface area contributed by atoms with E-state index in [1.54, 1.807) is 24.1 Å². The Balaban J connectivity index is 1.56. The molecule has 2 saturated heterocycles. The summed E-state index contributed by atoms with van der Waals surface area (Å²) in [5.74, 6) is -0.635. The number of piperidine rings is 1. The molecule has 2 fully saturated rings. The van der Waals surface area contributed by atoms with E-state index in [9.17, 15) is 22.8 Å². The minimum Gasteiger partial charge on any atom is -0.371 e. The molecule has 2 amide bonds. The molecule has 2 aliphatic heterocycles. The highest BCUT2D eigenvalue weighted by molar-refractivity contribution is 5.96. The lowest BCUT2D eigenvalue weighted by Gasteiger charge is -2.43. The number of carbonyl (C=O) groups excluding carboxylic acids is 2. The number of benzene rings is 2. The van der Waals surface area contributed by atoms with Crippen molar-refractivity contribution >= 4 is 17.5 Å². The first kappa shape index (κ1) is 24.6. The van der Waals surface area contributed by atoms with E-state index < -0.39 is 28.6 Å². The van der Waals surface area contributed by atoms with Crippen molar-refractivity contribution in [3.63, 3.8) is 0 Å². The van der Waals surface area contributed by atoms with Crippen molar-refractivity contribution < 1.29 is 22.8 Å². The molecule has 6 nitrogen and oxygen atoms in total. The standard InChI is InChI=1S/C26H27F3N4O2/c1-17-5-3-4-6-20(17)24(35)33-15-22(23(34)31-2)25(16-33)9-11-32(12-10-25)19-8-7-18(14-30)21(13-19)26(27,28)29/h3-8,13,22H,9-12,15-16H2,1-2H3,(H,31,34). The highest BCUT2D eigenvalue weighted by atomic mass is 19.4. The lowest BCUT2D eigenvalue weighted by Crippen LogP contribution is -2.48. The Hall–Kier alpha value is -3.54. The number of hydrogen-bond donors (Lipinski definition) is 1. The van der Waals surface area contributed by atoms with Crippen LogP contribution >= 0.6 is 0 Å². The van der Waals surface area contributed by atoms with Crippen LogP contribution in [0, 0.1) is 29.6 Å². The highest BCUT2D eigenvalue weighted by Crippen LogP contribution is 2.46. The molecule has 0 saturated carbocycles. The second kappa shape index (κ2) is 9.25. The van der Waals surface area contributed by atoms with Crippen molar-refractivity contribution in [3.8, 4) is 6.07 Å². The second-order valence-electron chi connectivity index (χ2n) is 9.36. The van der Waals surface area contributed by atoms with Crippen molar-refractivity contribution in [1.29, 1.82) is 5.26 Å². The predicted molar refractivity (Wildman–Crippen MR) is 125 cm³/mol. The highest BCUT2D eigenvalue weighted by Gasteiger charge is 2.52. The number of carbonyl (C=O) groups is 2. The monoisotopic (exact) mass is 484 g/mol. The van der Waals surface area contributed by atoms with Crippen molar-refractivity contribution in [2.75, 3.05) is 38.1 Å². The van der Waals surface area contributed by atoms with Gasteiger partial charge in [-0.25, -0.2) is 0 Å². The maximum Gasteiger partial charge on any atom is 0.417 e. The predicted octanol–water partition coefficient (Wildman–Crippen LogP) is 3.99. The number of nitrogens with one attached hydrogen (secondary N) is 1. The van der Waals surface area contributed by atoms with Crippen LogP contribution in [0.2, 0.25) is 0 Å². The van der Waals surface area contributed by atoms with E-state index in [-0.39, 0.29) is 11.8 Å². The van der Waals surface area contributed by atoms with Gasteiger partial charge in [-0.2, -0.15) is 18.4 Å². The first-order valence-electron chi connectivity index (χ1n) is 11.5. The number of likely N-dealkylation sites (tertiary alicyclic amines) is 1. The van der Waals surface area contributed by atoms with E-state index in [0.717, 1.165) is 11.6 Å². The number of nitrogens with zero attached hydrogens (tertiary/aromatic N) is 3. The fraction of sp³-hybridized carbons (Fsp3) is 0.423. The fourth-order valence-corrected chi connectivity index (χ4v) is 5.42. The van der Waals surface area contributed by atoms with Gasteiger partial charge < -0.3 is 15.1 Å². The zero-order chi connectivity index (χ0) is 25.4. The average Bonchev–Trinajstić information content (AvgIpc) is 3.21. The summed E-state index contributed by atoms with van der Waals surface area (Å²) in [6, 6.07) is 12.7. The molecule has 35 heavy (non-hydrogen) atoms. The number of hydrogen-bond acceptors (Lipinski definition) is 4. The van der Waals surface area contributed by atoms with E-state index in [4.69, 9.17) is 5.26 Å². The van der Waals surface area contributed by atoms with Gasteiger partial charge in [0.1, 0.15) is 0 Å². The summed E-state index contributed by atoms with van der Waals surface area (Å²) in [6.07, 6.45) is -3.50. The third kappa shape index (κ3) is 4.57. The van der Waals surface area contributed by atoms with Gasteiger partial charge in [-0.3, -0.25) is 9.59 Å². The number of nitriles is 1. The quantitative estimate of drug-likeness (QED) is 0.715. The Kier molecular flexibility index (Phi) is 6.50. The average molecular weight is 485 g/mol. The van der Waals surface area contributed by atoms with Crippen LogP contribution in [-0.2, 0) is 11.0 Å². The topological polar surface area (TPSA) is 76.4 Å². The van der Waals surface area contributed by atoms with Gasteiger partial charge in [0.2, 0.25) is 5.91 Å². The molecular formula is C26H27F3N4O2. The molecule has 0 aliphatic carbocycles. The number of halogens is 3. The van der Waals surface area contributed by atoms with Gasteiger partial charge in [0, 0.05) is 49.9 Å². The Labute approximate surface area is 202 Å². The Morgan fingerprint density at radius 3 is 2.43 bits per heavy atom. The summed E-state index contributed by atoms with van der Waals surface area (Å²) < 4.78 is 40.3. The number of rotatable bonds is 3. The zero-order valence-corrected chi connectivity index (χ0v) is 19.7. The van der Waals surface area contributed by atoms with Crippen molar-refractivity contribution in [1.82, 2.24) is 10.2 Å². The minimum atomic E-state index is -4.62. The maximum atomic E-state index is 13.4. The zero-order valence-electron chi connectivity index (χ0n) is 19.7. The molecule has 2 aliphatic rings. The molecule has 2 heterocycles. The maximum absolute atomic E-state index is 13.4. The van der Waals surface area contributed by atoms with E-state index >= 15 is 0 Å². The molecule has 0 bridgehead atoms. The van der Waals surface area contributed by atoms with E-state index in [0.29, 0.717) is 50.3 Å². The molecule has 1 spiro atoms. The lowest BCUT2D eigenvalue weighted by atomic mass is 9.70. The summed E-state index contributed by atoms with van der Waals surface area (Å²) in [5.41, 5.74) is 0.0657. The summed E-state index contributed by atoms with van der Waals surface area (Å²) in [4.78, 5) is 29.7. The largest absolute Gasteiger partial charge is 0.417 e. The second-order valence-corrected chi connectivity index (χ2v) is 9.36. The molecular weight excluding hydrogens is 457 g/mol. The van der Waals surface area contributed by atoms with Gasteiger partial charge in [-0.05, 0) is 49.6 Å². The van der Waals surface area contributed by atoms with E-state index in [1.165, 1.54) is 12.1 Å². The molecule has 0 radical (unpaired) electrons. The van der Waals surface area contributed by atoms with Gasteiger partial charge in [0.05, 0.1) is 23.1 Å². The van der Waals surface area contributed by atoms with Crippen molar-refractivity contribution in [3.05, 3.63) is 64.7 Å². The first-order valence-corrected chi connectivity index (χ1v) is 11.5. The Bertz CT molecular complexity index is 1180. The van der Waals surface area contributed by atoms with Crippen LogP contribution in [0.5, 0.6) is 0 Å². The fourth-order valence-electron chi connectivity index (χ4n) is 5.42. The van der Waals surface area contributed by atoms with E-state index in [2.05, 4.69) is 5.32 Å². The van der Waals surface area contributed by atoms with Gasteiger partial charge in [-0.1, -0.05) is 18.2 Å². The number of amides is 2. The van der Waals surface area contributed by atoms with Crippen molar-refractivity contribution in [2.24, 2.45) is 11.3 Å². The molecule has 4 rings (SSSR count). The lowest BCUT2D eigenvalue weighted by molar-refractivity contribution is -0.137. The van der Waals surface area contributed by atoms with Crippen LogP contribution < -0.4 is 10.2 Å². The van der Waals surface area contributed by atoms with Crippen molar-refractivity contribution in [2.45, 2.75) is 25.9 Å². The van der Waals surface area contributed by atoms with Crippen LogP contribution in [0.3, 0.4) is 0 Å². The van der Waals surface area contributed by atoms with Crippen LogP contribution in [-0.4, -0.2) is 49.9 Å². The third-order valence-corrected chi connectivity index (χ3v) is 7.43. The number of alkyl halides is 3.